The summed E-state index contributed by atoms with van der Waals surface area (Å²) in [5, 5.41) is 3.47. The van der Waals surface area contributed by atoms with Gasteiger partial charge in [0, 0.05) is 31.9 Å². The first-order valence-electron chi connectivity index (χ1n) is 7.07. The number of rotatable bonds is 6. The van der Waals surface area contributed by atoms with Gasteiger partial charge in [-0.2, -0.15) is 0 Å². The van der Waals surface area contributed by atoms with Crippen molar-refractivity contribution in [3.05, 3.63) is 53.4 Å². The van der Waals surface area contributed by atoms with Crippen molar-refractivity contribution in [1.29, 1.82) is 0 Å². The van der Waals surface area contributed by atoms with Crippen molar-refractivity contribution in [1.82, 2.24) is 14.9 Å². The van der Waals surface area contributed by atoms with Gasteiger partial charge in [-0.15, -0.1) is 0 Å². The van der Waals surface area contributed by atoms with E-state index in [9.17, 15) is 4.39 Å². The zero-order valence-electron chi connectivity index (χ0n) is 12.4. The molecule has 1 unspecified atom stereocenters. The van der Waals surface area contributed by atoms with Gasteiger partial charge in [0.25, 0.3) is 0 Å². The van der Waals surface area contributed by atoms with E-state index in [1.54, 1.807) is 13.0 Å². The van der Waals surface area contributed by atoms with Gasteiger partial charge in [-0.25, -0.2) is 9.37 Å². The van der Waals surface area contributed by atoms with E-state index < -0.39 is 0 Å². The number of hydrogen-bond acceptors (Lipinski definition) is 2. The van der Waals surface area contributed by atoms with Gasteiger partial charge in [-0.1, -0.05) is 19.1 Å². The molecule has 1 N–H and O–H groups in total. The van der Waals surface area contributed by atoms with Crippen molar-refractivity contribution in [2.45, 2.75) is 32.7 Å². The second-order valence-electron chi connectivity index (χ2n) is 5.11. The molecule has 0 saturated heterocycles. The number of aryl methyl sites for hydroxylation is 3. The second kappa shape index (κ2) is 6.66. The van der Waals surface area contributed by atoms with Crippen molar-refractivity contribution in [3.63, 3.8) is 0 Å². The van der Waals surface area contributed by atoms with Gasteiger partial charge in [0.15, 0.2) is 0 Å². The van der Waals surface area contributed by atoms with E-state index in [-0.39, 0.29) is 11.9 Å². The molecule has 1 atom stereocenters. The summed E-state index contributed by atoms with van der Waals surface area (Å²) in [6.07, 6.45) is 5.63. The number of hydrogen-bond donors (Lipinski definition) is 1. The molecule has 0 bridgehead atoms. The number of imidazole rings is 1. The van der Waals surface area contributed by atoms with Crippen molar-refractivity contribution in [2.24, 2.45) is 7.05 Å². The van der Waals surface area contributed by atoms with E-state index in [0.29, 0.717) is 5.56 Å². The first-order valence-corrected chi connectivity index (χ1v) is 7.07. The molecule has 1 aromatic carbocycles. The minimum Gasteiger partial charge on any atom is -0.338 e. The zero-order chi connectivity index (χ0) is 14.5. The molecule has 0 amide bonds. The highest BCUT2D eigenvalue weighted by Crippen LogP contribution is 2.21. The van der Waals surface area contributed by atoms with Crippen LogP contribution in [0.3, 0.4) is 0 Å². The number of nitrogens with zero attached hydrogens (tertiary/aromatic N) is 2. The van der Waals surface area contributed by atoms with E-state index >= 15 is 0 Å². The number of benzene rings is 1. The van der Waals surface area contributed by atoms with Crippen LogP contribution < -0.4 is 5.32 Å². The molecule has 20 heavy (non-hydrogen) atoms. The van der Waals surface area contributed by atoms with E-state index in [0.717, 1.165) is 30.8 Å². The molecule has 0 aliphatic rings. The van der Waals surface area contributed by atoms with Gasteiger partial charge >= 0.3 is 0 Å². The summed E-state index contributed by atoms with van der Waals surface area (Å²) >= 11 is 0. The maximum Gasteiger partial charge on any atom is 0.126 e. The van der Waals surface area contributed by atoms with Gasteiger partial charge in [-0.05, 0) is 37.1 Å². The molecule has 2 rings (SSSR count). The third-order valence-corrected chi connectivity index (χ3v) is 3.61. The molecular weight excluding hydrogens is 253 g/mol. The van der Waals surface area contributed by atoms with Crippen LogP contribution in [0.1, 0.15) is 36.3 Å². The fourth-order valence-electron chi connectivity index (χ4n) is 2.43. The molecule has 1 aromatic heterocycles. The molecule has 4 heteroatoms. The predicted octanol–water partition coefficient (Wildman–Crippen LogP) is 3.15. The standard InChI is InChI=1S/C16H22FN3/c1-4-18-15(7-8-16-19-9-10-20(16)3)13-5-6-14(17)12(2)11-13/h5-6,9-11,15,18H,4,7-8H2,1-3H3. The Morgan fingerprint density at radius 2 is 2.20 bits per heavy atom. The van der Waals surface area contributed by atoms with Crippen LogP contribution in [0, 0.1) is 12.7 Å². The van der Waals surface area contributed by atoms with E-state index in [2.05, 4.69) is 17.2 Å². The minimum absolute atomic E-state index is 0.145. The highest BCUT2D eigenvalue weighted by atomic mass is 19.1. The molecule has 0 aliphatic carbocycles. The SMILES string of the molecule is CCNC(CCc1nccn1C)c1ccc(F)c(C)c1. The molecular formula is C16H22FN3. The van der Waals surface area contributed by atoms with Gasteiger partial charge in [-0.3, -0.25) is 0 Å². The van der Waals surface area contributed by atoms with E-state index in [1.165, 1.54) is 0 Å². The molecule has 0 saturated carbocycles. The lowest BCUT2D eigenvalue weighted by atomic mass is 9.99. The largest absolute Gasteiger partial charge is 0.338 e. The Morgan fingerprint density at radius 1 is 1.40 bits per heavy atom. The highest BCUT2D eigenvalue weighted by molar-refractivity contribution is 5.26. The third kappa shape index (κ3) is 3.45. The monoisotopic (exact) mass is 275 g/mol. The summed E-state index contributed by atoms with van der Waals surface area (Å²) in [7, 11) is 2.01. The molecule has 0 spiro atoms. The zero-order valence-corrected chi connectivity index (χ0v) is 12.4. The van der Waals surface area contributed by atoms with Gasteiger partial charge in [0.1, 0.15) is 11.6 Å². The summed E-state index contributed by atoms with van der Waals surface area (Å²) in [6.45, 7) is 4.78. The van der Waals surface area contributed by atoms with E-state index in [1.807, 2.05) is 36.1 Å². The topological polar surface area (TPSA) is 29.9 Å². The summed E-state index contributed by atoms with van der Waals surface area (Å²) in [5.74, 6) is 0.930. The lowest BCUT2D eigenvalue weighted by molar-refractivity contribution is 0.504. The average molecular weight is 275 g/mol. The molecule has 0 aliphatic heterocycles. The molecule has 3 nitrogen and oxygen atoms in total. The Hall–Kier alpha value is -1.68. The van der Waals surface area contributed by atoms with Gasteiger partial charge in [0.05, 0.1) is 0 Å². The Balaban J connectivity index is 2.10. The van der Waals surface area contributed by atoms with Crippen LogP contribution >= 0.6 is 0 Å². The number of nitrogens with one attached hydrogen (secondary N) is 1. The summed E-state index contributed by atoms with van der Waals surface area (Å²) < 4.78 is 15.4. The average Bonchev–Trinajstić information content (AvgIpc) is 2.83. The van der Waals surface area contributed by atoms with Crippen LogP contribution in [-0.4, -0.2) is 16.1 Å². The van der Waals surface area contributed by atoms with E-state index in [4.69, 9.17) is 0 Å². The second-order valence-corrected chi connectivity index (χ2v) is 5.11. The Bertz CT molecular complexity index is 563. The summed E-state index contributed by atoms with van der Waals surface area (Å²) in [4.78, 5) is 4.35. The smallest absolute Gasteiger partial charge is 0.126 e. The predicted molar refractivity (Wildman–Crippen MR) is 79.1 cm³/mol. The maximum absolute atomic E-state index is 13.4. The number of halogens is 1. The van der Waals surface area contributed by atoms with Crippen molar-refractivity contribution >= 4 is 0 Å². The fraction of sp³-hybridized carbons (Fsp3) is 0.438. The normalized spacial score (nSPS) is 12.6. The first kappa shape index (κ1) is 14.7. The van der Waals surface area contributed by atoms with Crippen molar-refractivity contribution in [3.8, 4) is 0 Å². The lowest BCUT2D eigenvalue weighted by Gasteiger charge is -2.19. The first-order chi connectivity index (χ1) is 9.61. The number of aromatic nitrogens is 2. The van der Waals surface area contributed by atoms with Gasteiger partial charge < -0.3 is 9.88 Å². The molecule has 2 aromatic rings. The van der Waals surface area contributed by atoms with Crippen LogP contribution in [0.2, 0.25) is 0 Å². The Labute approximate surface area is 119 Å². The van der Waals surface area contributed by atoms with Crippen LogP contribution in [0.25, 0.3) is 0 Å². The van der Waals surface area contributed by atoms with Crippen LogP contribution in [0.15, 0.2) is 30.6 Å². The summed E-state index contributed by atoms with van der Waals surface area (Å²) in [5.41, 5.74) is 1.84. The quantitative estimate of drug-likeness (QED) is 0.877. The summed E-state index contributed by atoms with van der Waals surface area (Å²) in [6, 6.07) is 5.58. The van der Waals surface area contributed by atoms with Crippen molar-refractivity contribution < 1.29 is 4.39 Å². The molecule has 108 valence electrons. The van der Waals surface area contributed by atoms with Gasteiger partial charge in [0.2, 0.25) is 0 Å². The lowest BCUT2D eigenvalue weighted by Crippen LogP contribution is -2.22. The maximum atomic E-state index is 13.4. The molecule has 0 radical (unpaired) electrons. The van der Waals surface area contributed by atoms with Crippen molar-refractivity contribution in [2.75, 3.05) is 6.54 Å². The molecule has 1 heterocycles. The Kier molecular flexibility index (Phi) is 4.90. The van der Waals surface area contributed by atoms with Crippen LogP contribution in [-0.2, 0) is 13.5 Å². The highest BCUT2D eigenvalue weighted by Gasteiger charge is 2.13. The fourth-order valence-corrected chi connectivity index (χ4v) is 2.43. The third-order valence-electron chi connectivity index (χ3n) is 3.61. The van der Waals surface area contributed by atoms with Crippen LogP contribution in [0.4, 0.5) is 4.39 Å². The van der Waals surface area contributed by atoms with Crippen LogP contribution in [0.5, 0.6) is 0 Å². The Morgan fingerprint density at radius 3 is 2.80 bits per heavy atom. The minimum atomic E-state index is -0.145. The molecule has 0 fully saturated rings.